The van der Waals surface area contributed by atoms with Crippen LogP contribution in [0.1, 0.15) is 0 Å². The van der Waals surface area contributed by atoms with E-state index in [0.29, 0.717) is 0 Å². The summed E-state index contributed by atoms with van der Waals surface area (Å²) in [5.41, 5.74) is 0. The second-order valence-electron chi connectivity index (χ2n) is 8.29. The van der Waals surface area contributed by atoms with Crippen LogP contribution >= 0.6 is 0 Å². The van der Waals surface area contributed by atoms with Gasteiger partial charge in [-0.2, -0.15) is 0 Å². The minimum absolute atomic E-state index is 0.155. The van der Waals surface area contributed by atoms with Crippen molar-refractivity contribution in [3.8, 4) is 0 Å². The van der Waals surface area contributed by atoms with Crippen molar-refractivity contribution in [2.75, 3.05) is 19.8 Å². The summed E-state index contributed by atoms with van der Waals surface area (Å²) < 4.78 is 26.2. The van der Waals surface area contributed by atoms with Crippen LogP contribution in [0.2, 0.25) is 0 Å². The summed E-state index contributed by atoms with van der Waals surface area (Å²) in [6.45, 7) is -2.47. The average Bonchev–Trinajstić information content (AvgIpc) is 3.08. The molecular formula is C18H30O16. The van der Waals surface area contributed by atoms with Gasteiger partial charge in [-0.05, 0) is 0 Å². The van der Waals surface area contributed by atoms with E-state index >= 15 is 0 Å². The number of carbonyl (C=O) groups excluding carboxylic acids is 1. The quantitative estimate of drug-likeness (QED) is 0.138. The van der Waals surface area contributed by atoms with Gasteiger partial charge < -0.3 is 79.5 Å². The van der Waals surface area contributed by atoms with Crippen molar-refractivity contribution >= 4 is 6.29 Å². The molecule has 14 atom stereocenters. The molecule has 34 heavy (non-hydrogen) atoms. The molecule has 3 rings (SSSR count). The zero-order chi connectivity index (χ0) is 25.4. The van der Waals surface area contributed by atoms with E-state index in [1.807, 2.05) is 0 Å². The predicted octanol–water partition coefficient (Wildman–Crippen LogP) is -7.36. The highest BCUT2D eigenvalue weighted by molar-refractivity contribution is 5.58. The van der Waals surface area contributed by atoms with Crippen molar-refractivity contribution in [3.05, 3.63) is 0 Å². The van der Waals surface area contributed by atoms with Gasteiger partial charge in [-0.15, -0.1) is 0 Å². The highest BCUT2D eigenvalue weighted by Crippen LogP contribution is 2.35. The van der Waals surface area contributed by atoms with Gasteiger partial charge in [0.1, 0.15) is 73.8 Å². The molecule has 16 heteroatoms. The minimum Gasteiger partial charge on any atom is -0.394 e. The normalized spacial score (nSPS) is 52.0. The van der Waals surface area contributed by atoms with Gasteiger partial charge >= 0.3 is 0 Å². The second-order valence-corrected chi connectivity index (χ2v) is 8.29. The van der Waals surface area contributed by atoms with Crippen molar-refractivity contribution in [2.24, 2.45) is 0 Å². The number of hydrogen-bond acceptors (Lipinski definition) is 16. The van der Waals surface area contributed by atoms with Crippen molar-refractivity contribution < 1.29 is 79.5 Å². The maximum absolute atomic E-state index is 11.0. The molecule has 3 fully saturated rings. The molecule has 10 N–H and O–H groups in total. The Hall–Kier alpha value is -0.930. The van der Waals surface area contributed by atoms with E-state index in [2.05, 4.69) is 0 Å². The van der Waals surface area contributed by atoms with E-state index < -0.39 is 105 Å². The summed E-state index contributed by atoms with van der Waals surface area (Å²) in [5.74, 6) is -2.43. The second kappa shape index (κ2) is 11.0. The summed E-state index contributed by atoms with van der Waals surface area (Å²) in [4.78, 5) is 11.0. The molecule has 0 aliphatic carbocycles. The monoisotopic (exact) mass is 502 g/mol. The molecule has 198 valence electrons. The molecule has 16 nitrogen and oxygen atoms in total. The number of aldehydes is 1. The number of aliphatic hydroxyl groups excluding tert-OH is 10. The number of carbonyl (C=O) groups is 1. The van der Waals surface area contributed by atoms with Gasteiger partial charge in [-0.25, -0.2) is 0 Å². The lowest BCUT2D eigenvalue weighted by atomic mass is 9.98. The molecule has 0 spiro atoms. The van der Waals surface area contributed by atoms with Crippen LogP contribution in [0.25, 0.3) is 0 Å². The third-order valence-corrected chi connectivity index (χ3v) is 6.06. The highest BCUT2D eigenvalue weighted by atomic mass is 16.8. The first-order chi connectivity index (χ1) is 16.0. The lowest BCUT2D eigenvalue weighted by molar-refractivity contribution is -0.386. The van der Waals surface area contributed by atoms with Crippen LogP contribution in [0.5, 0.6) is 0 Å². The molecule has 3 aliphatic heterocycles. The van der Waals surface area contributed by atoms with Crippen LogP contribution in [0.4, 0.5) is 0 Å². The molecule has 3 saturated heterocycles. The molecule has 0 aromatic heterocycles. The summed E-state index contributed by atoms with van der Waals surface area (Å²) in [5, 5.41) is 99.4. The van der Waals surface area contributed by atoms with Gasteiger partial charge in [0.05, 0.1) is 13.2 Å². The predicted molar refractivity (Wildman–Crippen MR) is 100 cm³/mol. The lowest BCUT2D eigenvalue weighted by Gasteiger charge is -2.44. The fourth-order valence-corrected chi connectivity index (χ4v) is 3.93. The molecular weight excluding hydrogens is 472 g/mol. The first-order valence-corrected chi connectivity index (χ1v) is 10.4. The van der Waals surface area contributed by atoms with Crippen LogP contribution in [-0.4, -0.2) is 163 Å². The van der Waals surface area contributed by atoms with Crippen LogP contribution in [0.3, 0.4) is 0 Å². The summed E-state index contributed by atoms with van der Waals surface area (Å²) in [7, 11) is 0. The Labute approximate surface area is 192 Å². The van der Waals surface area contributed by atoms with E-state index in [9.17, 15) is 55.9 Å². The largest absolute Gasteiger partial charge is 0.394 e. The first kappa shape index (κ1) is 27.7. The Morgan fingerprint density at radius 3 is 1.82 bits per heavy atom. The molecule has 0 aromatic carbocycles. The van der Waals surface area contributed by atoms with Crippen molar-refractivity contribution in [1.29, 1.82) is 0 Å². The van der Waals surface area contributed by atoms with E-state index in [0.717, 1.165) is 0 Å². The van der Waals surface area contributed by atoms with Crippen molar-refractivity contribution in [2.45, 2.75) is 85.5 Å². The maximum atomic E-state index is 11.0. The van der Waals surface area contributed by atoms with E-state index in [-0.39, 0.29) is 6.29 Å². The van der Waals surface area contributed by atoms with E-state index in [1.165, 1.54) is 0 Å². The summed E-state index contributed by atoms with van der Waals surface area (Å²) in [6.07, 6.45) is -22.2. The SMILES string of the molecule is O=C[C@H]1O[C@@](CO)(O[C@H]2O[C@H](CO[C@H]3O[C@H](CO)[C@H](O)[C@H](O)[C@H]3O)[C@@H](O)[C@H](O)[C@H]2O)[C@@H](O)[C@@H]1O. The topological polar surface area (TPSA) is 266 Å². The minimum atomic E-state index is -2.43. The standard InChI is InChI=1S/C18H30O16/c19-1-5-8(22)11(25)13(27)16(31-5)30-3-7-9(23)12(26)14(28)17(32-7)34-18(4-21)15(29)10(24)6(2-20)33-18/h2,5-17,19,21-29H,1,3-4H2/t5-,6-,7-,8+,9-,10-,11+,12+,13-,14-,15+,16+,17-,18+/m1/s1. The average molecular weight is 502 g/mol. The summed E-state index contributed by atoms with van der Waals surface area (Å²) in [6, 6.07) is 0. The number of rotatable bonds is 8. The van der Waals surface area contributed by atoms with Crippen molar-refractivity contribution in [3.63, 3.8) is 0 Å². The number of ether oxygens (including phenoxy) is 5. The molecule has 0 amide bonds. The molecule has 0 radical (unpaired) electrons. The molecule has 0 bridgehead atoms. The Kier molecular flexibility index (Phi) is 8.94. The third-order valence-electron chi connectivity index (χ3n) is 6.06. The van der Waals surface area contributed by atoms with Crippen LogP contribution in [-0.2, 0) is 28.5 Å². The fourth-order valence-electron chi connectivity index (χ4n) is 3.93. The zero-order valence-electron chi connectivity index (χ0n) is 17.6. The van der Waals surface area contributed by atoms with Gasteiger partial charge in [0.15, 0.2) is 18.9 Å². The Bertz CT molecular complexity index is 680. The molecule has 3 heterocycles. The fraction of sp³-hybridized carbons (Fsp3) is 0.944. The Morgan fingerprint density at radius 2 is 1.29 bits per heavy atom. The lowest BCUT2D eigenvalue weighted by Crippen LogP contribution is -2.63. The van der Waals surface area contributed by atoms with Gasteiger partial charge in [0, 0.05) is 0 Å². The van der Waals surface area contributed by atoms with Crippen LogP contribution in [0.15, 0.2) is 0 Å². The first-order valence-electron chi connectivity index (χ1n) is 10.4. The zero-order valence-corrected chi connectivity index (χ0v) is 17.6. The van der Waals surface area contributed by atoms with E-state index in [4.69, 9.17) is 23.7 Å². The van der Waals surface area contributed by atoms with Crippen LogP contribution in [0, 0.1) is 0 Å². The third kappa shape index (κ3) is 4.99. The molecule has 0 saturated carbocycles. The van der Waals surface area contributed by atoms with Gasteiger partial charge in [0.2, 0.25) is 5.79 Å². The smallest absolute Gasteiger partial charge is 0.224 e. The number of aliphatic hydroxyl groups is 10. The maximum Gasteiger partial charge on any atom is 0.224 e. The van der Waals surface area contributed by atoms with Crippen LogP contribution < -0.4 is 0 Å². The van der Waals surface area contributed by atoms with Gasteiger partial charge in [0.25, 0.3) is 0 Å². The molecule has 0 aromatic rings. The Balaban J connectivity index is 1.70. The van der Waals surface area contributed by atoms with Gasteiger partial charge in [-0.3, -0.25) is 0 Å². The van der Waals surface area contributed by atoms with Gasteiger partial charge in [-0.1, -0.05) is 0 Å². The molecule has 0 unspecified atom stereocenters. The van der Waals surface area contributed by atoms with E-state index in [1.54, 1.807) is 0 Å². The number of hydrogen-bond donors (Lipinski definition) is 10. The Morgan fingerprint density at radius 1 is 0.735 bits per heavy atom. The van der Waals surface area contributed by atoms with Crippen molar-refractivity contribution in [1.82, 2.24) is 0 Å². The highest BCUT2D eigenvalue weighted by Gasteiger charge is 2.58. The molecule has 3 aliphatic rings. The summed E-state index contributed by atoms with van der Waals surface area (Å²) >= 11 is 0.